The first-order valence-corrected chi connectivity index (χ1v) is 4.26. The molecule has 1 unspecified atom stereocenters. The van der Waals surface area contributed by atoms with Gasteiger partial charge in [-0.1, -0.05) is 18.2 Å². The number of carboxylic acids is 1. The van der Waals surface area contributed by atoms with Crippen LogP contribution in [-0.2, 0) is 4.79 Å². The van der Waals surface area contributed by atoms with Crippen LogP contribution in [0.2, 0.25) is 0 Å². The van der Waals surface area contributed by atoms with Crippen molar-refractivity contribution >= 4 is 17.9 Å². The predicted molar refractivity (Wildman–Crippen MR) is 53.8 cm³/mol. The minimum atomic E-state index is -1.57. The molecule has 2 N–H and O–H groups in total. The molecule has 1 aliphatic rings. The monoisotopic (exact) mass is 204 g/mol. The second-order valence-corrected chi connectivity index (χ2v) is 3.00. The number of aliphatic carboxylic acids is 1. The van der Waals surface area contributed by atoms with E-state index in [4.69, 9.17) is 5.11 Å². The smallest absolute Gasteiger partial charge is 0.360 e. The van der Waals surface area contributed by atoms with Crippen LogP contribution in [-0.4, -0.2) is 23.0 Å². The zero-order chi connectivity index (χ0) is 10.7. The number of hydrogen-bond donors (Lipinski definition) is 2. The van der Waals surface area contributed by atoms with Gasteiger partial charge in [-0.15, -0.1) is 10.2 Å². The van der Waals surface area contributed by atoms with Crippen LogP contribution in [0, 0.1) is 0 Å². The highest BCUT2D eigenvalue weighted by atomic mass is 16.4. The largest absolute Gasteiger partial charge is 0.478 e. The van der Waals surface area contributed by atoms with Crippen molar-refractivity contribution in [3.05, 3.63) is 30.3 Å². The number of rotatable bonds is 3. The average Bonchev–Trinajstić information content (AvgIpc) is 2.69. The van der Waals surface area contributed by atoms with Crippen molar-refractivity contribution in [2.45, 2.75) is 5.66 Å². The lowest BCUT2D eigenvalue weighted by molar-refractivity contribution is -0.139. The van der Waals surface area contributed by atoms with Gasteiger partial charge in [0, 0.05) is 5.69 Å². The number of benzene rings is 1. The number of nitrogens with zero attached hydrogens (tertiary/aromatic N) is 3. The molecule has 1 aliphatic heterocycles. The summed E-state index contributed by atoms with van der Waals surface area (Å²) < 4.78 is 0. The molecule has 0 radical (unpaired) electrons. The summed E-state index contributed by atoms with van der Waals surface area (Å²) in [7, 11) is 0. The Morgan fingerprint density at radius 2 is 2.07 bits per heavy atom. The van der Waals surface area contributed by atoms with Gasteiger partial charge in [0.1, 0.15) is 0 Å². The van der Waals surface area contributed by atoms with Crippen molar-refractivity contribution < 1.29 is 9.90 Å². The van der Waals surface area contributed by atoms with Crippen molar-refractivity contribution in [2.75, 3.05) is 5.32 Å². The highest BCUT2D eigenvalue weighted by Gasteiger charge is 2.40. The Kier molecular flexibility index (Phi) is 2.17. The van der Waals surface area contributed by atoms with Gasteiger partial charge in [-0.3, -0.25) is 0 Å². The van der Waals surface area contributed by atoms with E-state index in [1.54, 1.807) is 24.3 Å². The van der Waals surface area contributed by atoms with Gasteiger partial charge in [-0.05, 0) is 17.4 Å². The fourth-order valence-electron chi connectivity index (χ4n) is 1.18. The minimum absolute atomic E-state index is 0.646. The zero-order valence-electron chi connectivity index (χ0n) is 7.66. The summed E-state index contributed by atoms with van der Waals surface area (Å²) in [4.78, 5) is 11.0. The molecule has 0 spiro atoms. The van der Waals surface area contributed by atoms with E-state index < -0.39 is 11.6 Å². The lowest BCUT2D eigenvalue weighted by Crippen LogP contribution is -2.44. The maximum Gasteiger partial charge on any atom is 0.360 e. The topological polar surface area (TPSA) is 86.4 Å². The summed E-state index contributed by atoms with van der Waals surface area (Å²) >= 11 is 0. The second-order valence-electron chi connectivity index (χ2n) is 3.00. The summed E-state index contributed by atoms with van der Waals surface area (Å²) in [6.45, 7) is 0. The van der Waals surface area contributed by atoms with E-state index in [0.29, 0.717) is 5.69 Å². The number of para-hydroxylation sites is 1. The third-order valence-electron chi connectivity index (χ3n) is 1.93. The van der Waals surface area contributed by atoms with Crippen molar-refractivity contribution in [3.63, 3.8) is 0 Å². The van der Waals surface area contributed by atoms with Gasteiger partial charge in [0.05, 0.1) is 6.21 Å². The Morgan fingerprint density at radius 1 is 1.33 bits per heavy atom. The zero-order valence-corrected chi connectivity index (χ0v) is 7.66. The fourth-order valence-corrected chi connectivity index (χ4v) is 1.18. The number of carbonyl (C=O) groups is 1. The molecule has 6 nitrogen and oxygen atoms in total. The number of nitrogens with one attached hydrogen (secondary N) is 1. The molecule has 15 heavy (non-hydrogen) atoms. The van der Waals surface area contributed by atoms with Crippen LogP contribution in [0.3, 0.4) is 0 Å². The first kappa shape index (κ1) is 9.32. The van der Waals surface area contributed by atoms with Gasteiger partial charge in [-0.2, -0.15) is 0 Å². The Labute approximate surface area is 85.3 Å². The molecule has 76 valence electrons. The molecule has 0 amide bonds. The molecule has 0 saturated heterocycles. The van der Waals surface area contributed by atoms with E-state index in [1.165, 1.54) is 0 Å². The molecule has 0 fully saturated rings. The Bertz CT molecular complexity index is 415. The molecule has 0 bridgehead atoms. The van der Waals surface area contributed by atoms with Crippen molar-refractivity contribution in [1.82, 2.24) is 0 Å². The third kappa shape index (κ3) is 1.69. The quantitative estimate of drug-likeness (QED) is 0.778. The number of anilines is 1. The van der Waals surface area contributed by atoms with Crippen LogP contribution in [0.1, 0.15) is 0 Å². The first-order valence-electron chi connectivity index (χ1n) is 4.26. The Morgan fingerprint density at radius 3 is 2.60 bits per heavy atom. The number of hydrogen-bond acceptors (Lipinski definition) is 5. The van der Waals surface area contributed by atoms with Crippen LogP contribution >= 0.6 is 0 Å². The fraction of sp³-hybridized carbons (Fsp3) is 0.111. The van der Waals surface area contributed by atoms with E-state index in [1.807, 2.05) is 6.07 Å². The number of carboxylic acid groups (broad SMARTS) is 1. The van der Waals surface area contributed by atoms with Gasteiger partial charge in [-0.25, -0.2) is 4.79 Å². The maximum absolute atomic E-state index is 11.0. The summed E-state index contributed by atoms with van der Waals surface area (Å²) in [5.74, 6) is -1.14. The average molecular weight is 204 g/mol. The summed E-state index contributed by atoms with van der Waals surface area (Å²) in [6.07, 6.45) is 1.16. The van der Waals surface area contributed by atoms with Crippen molar-refractivity contribution in [1.29, 1.82) is 0 Å². The van der Waals surface area contributed by atoms with E-state index in [0.717, 1.165) is 6.21 Å². The predicted octanol–water partition coefficient (Wildman–Crippen LogP) is 1.33. The van der Waals surface area contributed by atoms with Gasteiger partial charge < -0.3 is 10.4 Å². The van der Waals surface area contributed by atoms with Crippen molar-refractivity contribution in [3.8, 4) is 0 Å². The minimum Gasteiger partial charge on any atom is -0.478 e. The van der Waals surface area contributed by atoms with E-state index in [9.17, 15) is 4.79 Å². The molecule has 0 aliphatic carbocycles. The molecule has 1 heterocycles. The van der Waals surface area contributed by atoms with Gasteiger partial charge in [0.2, 0.25) is 0 Å². The third-order valence-corrected chi connectivity index (χ3v) is 1.93. The molecule has 0 aromatic heterocycles. The highest BCUT2D eigenvalue weighted by Crippen LogP contribution is 2.19. The molecule has 6 heteroatoms. The molecular weight excluding hydrogens is 196 g/mol. The molecule has 1 atom stereocenters. The van der Waals surface area contributed by atoms with Crippen molar-refractivity contribution in [2.24, 2.45) is 15.4 Å². The summed E-state index contributed by atoms with van der Waals surface area (Å²) in [5.41, 5.74) is -0.923. The van der Waals surface area contributed by atoms with Gasteiger partial charge >= 0.3 is 5.97 Å². The Hall–Kier alpha value is -2.24. The maximum atomic E-state index is 11.0. The van der Waals surface area contributed by atoms with E-state index in [2.05, 4.69) is 20.8 Å². The molecule has 2 rings (SSSR count). The lowest BCUT2D eigenvalue weighted by atomic mass is 10.2. The highest BCUT2D eigenvalue weighted by molar-refractivity contribution is 6.02. The molecule has 0 saturated carbocycles. The molecule has 1 aromatic rings. The van der Waals surface area contributed by atoms with Gasteiger partial charge in [0.25, 0.3) is 5.66 Å². The lowest BCUT2D eigenvalue weighted by Gasteiger charge is -2.18. The van der Waals surface area contributed by atoms with Gasteiger partial charge in [0.15, 0.2) is 0 Å². The molecule has 1 aromatic carbocycles. The van der Waals surface area contributed by atoms with Crippen LogP contribution in [0.25, 0.3) is 0 Å². The summed E-state index contributed by atoms with van der Waals surface area (Å²) in [5, 5.41) is 22.1. The second kappa shape index (κ2) is 3.49. The SMILES string of the molecule is O=C(O)C1(Nc2ccccc2)C=NN=N1. The van der Waals surface area contributed by atoms with E-state index in [-0.39, 0.29) is 0 Å². The van der Waals surface area contributed by atoms with Crippen LogP contribution in [0.4, 0.5) is 5.69 Å². The standard InChI is InChI=1S/C9H8N4O2/c14-8(15)9(6-10-13-12-9)11-7-4-2-1-3-5-7/h1-6,11H,(H,14,15). The summed E-state index contributed by atoms with van der Waals surface area (Å²) in [6, 6.07) is 8.91. The van der Waals surface area contributed by atoms with E-state index >= 15 is 0 Å². The normalized spacial score (nSPS) is 22.9. The Balaban J connectivity index is 2.27. The van der Waals surface area contributed by atoms with Crippen LogP contribution in [0.15, 0.2) is 45.8 Å². The molecular formula is C9H8N4O2. The van der Waals surface area contributed by atoms with Crippen LogP contribution < -0.4 is 5.32 Å². The first-order chi connectivity index (χ1) is 7.23. The van der Waals surface area contributed by atoms with Crippen LogP contribution in [0.5, 0.6) is 0 Å².